The summed E-state index contributed by atoms with van der Waals surface area (Å²) >= 11 is 0. The molecule has 0 atom stereocenters. The van der Waals surface area contributed by atoms with Crippen molar-refractivity contribution in [2.24, 2.45) is 0 Å². The second-order valence-corrected chi connectivity index (χ2v) is 4.57. The number of nitrogens with one attached hydrogen (secondary N) is 2. The molecule has 3 amide bonds. The highest BCUT2D eigenvalue weighted by molar-refractivity contribution is 5.75. The Morgan fingerprint density at radius 3 is 2.25 bits per heavy atom. The van der Waals surface area contributed by atoms with Gasteiger partial charge in [0.2, 0.25) is 5.91 Å². The zero-order valence-corrected chi connectivity index (χ0v) is 10.2. The van der Waals surface area contributed by atoms with Gasteiger partial charge in [0.15, 0.2) is 0 Å². The highest BCUT2D eigenvalue weighted by atomic mass is 16.2. The Morgan fingerprint density at radius 1 is 1.25 bits per heavy atom. The van der Waals surface area contributed by atoms with Crippen molar-refractivity contribution in [1.82, 2.24) is 15.5 Å². The summed E-state index contributed by atoms with van der Waals surface area (Å²) in [6.45, 7) is 6.84. The first-order valence-electron chi connectivity index (χ1n) is 5.81. The lowest BCUT2D eigenvalue weighted by Gasteiger charge is -2.32. The molecule has 1 fully saturated rings. The number of hydrogen-bond donors (Lipinski definition) is 2. The molecule has 1 aliphatic heterocycles. The molecule has 0 bridgehead atoms. The Labute approximate surface area is 96.6 Å². The number of likely N-dealkylation sites (tertiary alicyclic amines) is 1. The van der Waals surface area contributed by atoms with Crippen LogP contribution < -0.4 is 10.6 Å². The van der Waals surface area contributed by atoms with Gasteiger partial charge < -0.3 is 15.5 Å². The van der Waals surface area contributed by atoms with Gasteiger partial charge in [0.25, 0.3) is 0 Å². The molecule has 2 N–H and O–H groups in total. The van der Waals surface area contributed by atoms with Gasteiger partial charge in [-0.2, -0.15) is 0 Å². The Kier molecular flexibility index (Phi) is 4.58. The van der Waals surface area contributed by atoms with E-state index in [9.17, 15) is 9.59 Å². The average Bonchev–Trinajstić information content (AvgIpc) is 2.16. The van der Waals surface area contributed by atoms with E-state index in [0.29, 0.717) is 13.1 Å². The van der Waals surface area contributed by atoms with E-state index in [-0.39, 0.29) is 24.0 Å². The van der Waals surface area contributed by atoms with Crippen molar-refractivity contribution in [3.63, 3.8) is 0 Å². The summed E-state index contributed by atoms with van der Waals surface area (Å²) in [4.78, 5) is 24.3. The van der Waals surface area contributed by atoms with Gasteiger partial charge in [0.05, 0.1) is 0 Å². The van der Waals surface area contributed by atoms with Crippen LogP contribution in [0.15, 0.2) is 0 Å². The van der Waals surface area contributed by atoms with Crippen molar-refractivity contribution in [3.05, 3.63) is 0 Å². The minimum absolute atomic E-state index is 0.00345. The topological polar surface area (TPSA) is 61.4 Å². The lowest BCUT2D eigenvalue weighted by atomic mass is 10.1. The van der Waals surface area contributed by atoms with E-state index in [2.05, 4.69) is 10.6 Å². The first kappa shape index (κ1) is 12.8. The number of urea groups is 1. The van der Waals surface area contributed by atoms with Gasteiger partial charge in [0.1, 0.15) is 0 Å². The summed E-state index contributed by atoms with van der Waals surface area (Å²) in [5.74, 6) is 0.00471. The molecule has 0 aliphatic carbocycles. The maximum absolute atomic E-state index is 11.7. The molecule has 0 aromatic rings. The van der Waals surface area contributed by atoms with Crippen molar-refractivity contribution in [3.8, 4) is 0 Å². The Bertz CT molecular complexity index is 258. The van der Waals surface area contributed by atoms with Crippen LogP contribution in [0.4, 0.5) is 4.79 Å². The highest BCUT2D eigenvalue weighted by Crippen LogP contribution is 2.10. The van der Waals surface area contributed by atoms with Gasteiger partial charge in [-0.05, 0) is 26.7 Å². The summed E-state index contributed by atoms with van der Waals surface area (Å²) in [6, 6.07) is 0.387. The summed E-state index contributed by atoms with van der Waals surface area (Å²) in [6.07, 6.45) is 1.68. The summed E-state index contributed by atoms with van der Waals surface area (Å²) in [7, 11) is 0. The highest BCUT2D eigenvalue weighted by Gasteiger charge is 2.23. The van der Waals surface area contributed by atoms with Crippen molar-refractivity contribution < 1.29 is 9.59 Å². The Hall–Kier alpha value is -1.26. The van der Waals surface area contributed by atoms with E-state index in [4.69, 9.17) is 0 Å². The molecule has 1 heterocycles. The van der Waals surface area contributed by atoms with Crippen molar-refractivity contribution >= 4 is 11.9 Å². The van der Waals surface area contributed by atoms with Gasteiger partial charge in [-0.25, -0.2) is 4.79 Å². The molecule has 1 rings (SSSR count). The molecular weight excluding hydrogens is 206 g/mol. The van der Waals surface area contributed by atoms with E-state index in [1.165, 1.54) is 6.92 Å². The quantitative estimate of drug-likeness (QED) is 0.729. The molecular formula is C11H21N3O2. The normalized spacial score (nSPS) is 17.4. The summed E-state index contributed by atoms with van der Waals surface area (Å²) in [5, 5.41) is 5.75. The minimum atomic E-state index is -0.00345. The first-order chi connectivity index (χ1) is 7.49. The van der Waals surface area contributed by atoms with Crippen LogP contribution in [0.25, 0.3) is 0 Å². The third-order valence-electron chi connectivity index (χ3n) is 2.60. The predicted molar refractivity (Wildman–Crippen MR) is 62.1 cm³/mol. The molecule has 0 spiro atoms. The smallest absolute Gasteiger partial charge is 0.317 e. The van der Waals surface area contributed by atoms with Gasteiger partial charge in [0, 0.05) is 32.1 Å². The number of carbonyl (C=O) groups is 2. The lowest BCUT2D eigenvalue weighted by molar-refractivity contribution is -0.119. The molecule has 0 saturated carbocycles. The van der Waals surface area contributed by atoms with Crippen LogP contribution in [0, 0.1) is 0 Å². The van der Waals surface area contributed by atoms with Crippen LogP contribution >= 0.6 is 0 Å². The zero-order chi connectivity index (χ0) is 12.1. The Balaban J connectivity index is 2.31. The molecule has 0 radical (unpaired) electrons. The molecule has 0 aromatic carbocycles. The number of nitrogens with zero attached hydrogens (tertiary/aromatic N) is 1. The van der Waals surface area contributed by atoms with Gasteiger partial charge in [-0.3, -0.25) is 4.79 Å². The molecule has 92 valence electrons. The molecule has 16 heavy (non-hydrogen) atoms. The first-order valence-corrected chi connectivity index (χ1v) is 5.81. The minimum Gasteiger partial charge on any atom is -0.353 e. The standard InChI is InChI=1S/C11H21N3O2/c1-8(2)12-11(16)14-6-4-10(5-7-14)13-9(3)15/h8,10H,4-7H2,1-3H3,(H,12,16)(H,13,15). The number of piperidine rings is 1. The van der Waals surface area contributed by atoms with E-state index in [0.717, 1.165) is 12.8 Å². The molecule has 1 saturated heterocycles. The summed E-state index contributed by atoms with van der Waals surface area (Å²) in [5.41, 5.74) is 0. The second-order valence-electron chi connectivity index (χ2n) is 4.57. The number of hydrogen-bond acceptors (Lipinski definition) is 2. The number of carbonyl (C=O) groups excluding carboxylic acids is 2. The largest absolute Gasteiger partial charge is 0.353 e. The van der Waals surface area contributed by atoms with Gasteiger partial charge in [-0.15, -0.1) is 0 Å². The fourth-order valence-electron chi connectivity index (χ4n) is 1.85. The van der Waals surface area contributed by atoms with Crippen molar-refractivity contribution in [1.29, 1.82) is 0 Å². The Morgan fingerprint density at radius 2 is 1.81 bits per heavy atom. The van der Waals surface area contributed by atoms with Crippen LogP contribution in [0.2, 0.25) is 0 Å². The molecule has 5 nitrogen and oxygen atoms in total. The van der Waals surface area contributed by atoms with Crippen LogP contribution in [-0.2, 0) is 4.79 Å². The van der Waals surface area contributed by atoms with Gasteiger partial charge >= 0.3 is 6.03 Å². The van der Waals surface area contributed by atoms with Crippen LogP contribution in [-0.4, -0.2) is 42.0 Å². The maximum atomic E-state index is 11.7. The summed E-state index contributed by atoms with van der Waals surface area (Å²) < 4.78 is 0. The molecule has 0 aromatic heterocycles. The number of rotatable bonds is 2. The third-order valence-corrected chi connectivity index (χ3v) is 2.60. The van der Waals surface area contributed by atoms with E-state index in [1.807, 2.05) is 13.8 Å². The van der Waals surface area contributed by atoms with Crippen LogP contribution in [0.5, 0.6) is 0 Å². The fraction of sp³-hybridized carbons (Fsp3) is 0.818. The lowest BCUT2D eigenvalue weighted by Crippen LogP contribution is -2.50. The van der Waals surface area contributed by atoms with Crippen LogP contribution in [0.1, 0.15) is 33.6 Å². The predicted octanol–water partition coefficient (Wildman–Crippen LogP) is 0.705. The van der Waals surface area contributed by atoms with Gasteiger partial charge in [-0.1, -0.05) is 0 Å². The number of amides is 3. The van der Waals surface area contributed by atoms with E-state index in [1.54, 1.807) is 4.90 Å². The molecule has 5 heteroatoms. The average molecular weight is 227 g/mol. The molecule has 1 aliphatic rings. The third kappa shape index (κ3) is 4.08. The van der Waals surface area contributed by atoms with Crippen LogP contribution in [0.3, 0.4) is 0 Å². The fourth-order valence-corrected chi connectivity index (χ4v) is 1.85. The van der Waals surface area contributed by atoms with Crippen molar-refractivity contribution in [2.75, 3.05) is 13.1 Å². The SMILES string of the molecule is CC(=O)NC1CCN(C(=O)NC(C)C)CC1. The van der Waals surface area contributed by atoms with E-state index < -0.39 is 0 Å². The monoisotopic (exact) mass is 227 g/mol. The zero-order valence-electron chi connectivity index (χ0n) is 10.2. The van der Waals surface area contributed by atoms with Crippen molar-refractivity contribution in [2.45, 2.75) is 45.7 Å². The van der Waals surface area contributed by atoms with E-state index >= 15 is 0 Å². The molecule has 0 unspecified atom stereocenters. The second kappa shape index (κ2) is 5.72. The maximum Gasteiger partial charge on any atom is 0.317 e.